The third-order valence-corrected chi connectivity index (χ3v) is 4.89. The molecule has 1 unspecified atom stereocenters. The molecule has 2 rings (SSSR count). The fourth-order valence-corrected chi connectivity index (χ4v) is 3.39. The number of hydrogen-bond donors (Lipinski definition) is 2. The zero-order chi connectivity index (χ0) is 13.9. The van der Waals surface area contributed by atoms with Crippen LogP contribution >= 0.6 is 0 Å². The van der Waals surface area contributed by atoms with Crippen LogP contribution in [0.4, 0.5) is 0 Å². The highest BCUT2D eigenvalue weighted by molar-refractivity contribution is 7.92. The molecule has 0 spiro atoms. The summed E-state index contributed by atoms with van der Waals surface area (Å²) in [6.07, 6.45) is 0.453. The van der Waals surface area contributed by atoms with E-state index in [-0.39, 0.29) is 12.5 Å². The van der Waals surface area contributed by atoms with Crippen molar-refractivity contribution in [3.05, 3.63) is 29.8 Å². The minimum atomic E-state index is -3.04. The van der Waals surface area contributed by atoms with E-state index in [1.165, 1.54) is 0 Å². The van der Waals surface area contributed by atoms with Crippen LogP contribution in [0.2, 0.25) is 0 Å². The van der Waals surface area contributed by atoms with Gasteiger partial charge in [-0.15, -0.1) is 0 Å². The standard InChI is InChI=1S/C12H15NO5S/c14-12(15)7-18-10-3-1-9(2-4-10)5-11-6-13-8-19(11,16)17/h1-4,11,13H,5-8H2,(H,14,15). The fraction of sp³-hybridized carbons (Fsp3) is 0.417. The van der Waals surface area contributed by atoms with Crippen LogP contribution in [-0.4, -0.2) is 43.8 Å². The van der Waals surface area contributed by atoms with E-state index in [0.29, 0.717) is 18.7 Å². The zero-order valence-electron chi connectivity index (χ0n) is 10.2. The maximum Gasteiger partial charge on any atom is 0.341 e. The van der Waals surface area contributed by atoms with Gasteiger partial charge >= 0.3 is 5.97 Å². The molecular weight excluding hydrogens is 270 g/mol. The van der Waals surface area contributed by atoms with Gasteiger partial charge in [0.25, 0.3) is 0 Å². The Morgan fingerprint density at radius 1 is 1.37 bits per heavy atom. The first-order valence-corrected chi connectivity index (χ1v) is 7.55. The second-order valence-electron chi connectivity index (χ2n) is 4.41. The lowest BCUT2D eigenvalue weighted by atomic mass is 10.1. The van der Waals surface area contributed by atoms with Crippen molar-refractivity contribution in [1.29, 1.82) is 0 Å². The Morgan fingerprint density at radius 3 is 2.58 bits per heavy atom. The van der Waals surface area contributed by atoms with E-state index in [1.54, 1.807) is 24.3 Å². The number of rotatable bonds is 5. The van der Waals surface area contributed by atoms with Crippen LogP contribution in [0.15, 0.2) is 24.3 Å². The van der Waals surface area contributed by atoms with Crippen LogP contribution in [0.25, 0.3) is 0 Å². The second kappa shape index (κ2) is 5.58. The third-order valence-electron chi connectivity index (χ3n) is 2.93. The van der Waals surface area contributed by atoms with Crippen molar-refractivity contribution >= 4 is 15.8 Å². The molecule has 1 fully saturated rings. The molecule has 1 heterocycles. The van der Waals surface area contributed by atoms with Gasteiger partial charge in [0.15, 0.2) is 16.4 Å². The number of benzene rings is 1. The molecule has 104 valence electrons. The van der Waals surface area contributed by atoms with Gasteiger partial charge in [0.05, 0.1) is 11.1 Å². The molecule has 6 nitrogen and oxygen atoms in total. The monoisotopic (exact) mass is 285 g/mol. The van der Waals surface area contributed by atoms with Crippen molar-refractivity contribution in [1.82, 2.24) is 5.32 Å². The molecule has 1 atom stereocenters. The summed E-state index contributed by atoms with van der Waals surface area (Å²) < 4.78 is 28.3. The molecule has 0 saturated carbocycles. The normalized spacial score (nSPS) is 21.2. The number of carbonyl (C=O) groups is 1. The molecule has 1 aromatic rings. The van der Waals surface area contributed by atoms with E-state index < -0.39 is 21.1 Å². The number of nitrogens with one attached hydrogen (secondary N) is 1. The van der Waals surface area contributed by atoms with E-state index in [9.17, 15) is 13.2 Å². The van der Waals surface area contributed by atoms with Crippen molar-refractivity contribution in [2.75, 3.05) is 19.0 Å². The van der Waals surface area contributed by atoms with Gasteiger partial charge < -0.3 is 15.2 Å². The Morgan fingerprint density at radius 2 is 2.05 bits per heavy atom. The first-order valence-electron chi connectivity index (χ1n) is 5.83. The topological polar surface area (TPSA) is 92.7 Å². The first kappa shape index (κ1) is 13.8. The molecule has 0 aromatic heterocycles. The van der Waals surface area contributed by atoms with Crippen molar-refractivity contribution in [3.8, 4) is 5.75 Å². The minimum absolute atomic E-state index is 0.0392. The van der Waals surface area contributed by atoms with E-state index in [0.717, 1.165) is 5.56 Å². The van der Waals surface area contributed by atoms with Crippen LogP contribution < -0.4 is 10.1 Å². The molecule has 0 bridgehead atoms. The summed E-state index contributed by atoms with van der Waals surface area (Å²) in [7, 11) is -3.04. The lowest BCUT2D eigenvalue weighted by Crippen LogP contribution is -2.21. The average Bonchev–Trinajstić information content (AvgIpc) is 2.68. The third kappa shape index (κ3) is 3.68. The van der Waals surface area contributed by atoms with Crippen LogP contribution in [0, 0.1) is 0 Å². The minimum Gasteiger partial charge on any atom is -0.482 e. The number of carboxylic acids is 1. The summed E-state index contributed by atoms with van der Waals surface area (Å²) in [6, 6.07) is 6.80. The lowest BCUT2D eigenvalue weighted by Gasteiger charge is -2.09. The molecule has 1 aliphatic rings. The van der Waals surface area contributed by atoms with E-state index in [1.807, 2.05) is 0 Å². The highest BCUT2D eigenvalue weighted by Crippen LogP contribution is 2.17. The van der Waals surface area contributed by atoms with Gasteiger partial charge in [0, 0.05) is 6.54 Å². The molecule has 0 aliphatic carbocycles. The van der Waals surface area contributed by atoms with E-state index in [2.05, 4.69) is 5.32 Å². The maximum atomic E-state index is 11.7. The predicted molar refractivity (Wildman–Crippen MR) is 68.9 cm³/mol. The second-order valence-corrected chi connectivity index (χ2v) is 6.69. The van der Waals surface area contributed by atoms with E-state index >= 15 is 0 Å². The van der Waals surface area contributed by atoms with Crippen molar-refractivity contribution < 1.29 is 23.1 Å². The highest BCUT2D eigenvalue weighted by Gasteiger charge is 2.30. The number of ether oxygens (including phenoxy) is 1. The van der Waals surface area contributed by atoms with Crippen LogP contribution in [0.5, 0.6) is 5.75 Å². The van der Waals surface area contributed by atoms with Gasteiger partial charge in [-0.05, 0) is 24.1 Å². The van der Waals surface area contributed by atoms with Crippen molar-refractivity contribution in [2.24, 2.45) is 0 Å². The van der Waals surface area contributed by atoms with Gasteiger partial charge in [-0.25, -0.2) is 13.2 Å². The molecule has 0 radical (unpaired) electrons. The van der Waals surface area contributed by atoms with Crippen molar-refractivity contribution in [3.63, 3.8) is 0 Å². The number of hydrogen-bond acceptors (Lipinski definition) is 5. The number of sulfone groups is 1. The Hall–Kier alpha value is -1.60. The number of aliphatic carboxylic acids is 1. The Labute approximate surface area is 111 Å². The Bertz CT molecular complexity index is 552. The fourth-order valence-electron chi connectivity index (χ4n) is 1.94. The molecule has 1 aromatic carbocycles. The number of carboxylic acid groups (broad SMARTS) is 1. The summed E-state index contributed by atoms with van der Waals surface area (Å²) in [5, 5.41) is 10.9. The van der Waals surface area contributed by atoms with Crippen LogP contribution in [-0.2, 0) is 21.1 Å². The van der Waals surface area contributed by atoms with E-state index in [4.69, 9.17) is 9.84 Å². The predicted octanol–water partition coefficient (Wildman–Crippen LogP) is 0.0366. The molecule has 7 heteroatoms. The molecular formula is C12H15NO5S. The highest BCUT2D eigenvalue weighted by atomic mass is 32.2. The smallest absolute Gasteiger partial charge is 0.341 e. The first-order chi connectivity index (χ1) is 8.97. The van der Waals surface area contributed by atoms with Gasteiger partial charge in [0.2, 0.25) is 0 Å². The van der Waals surface area contributed by atoms with Crippen molar-refractivity contribution in [2.45, 2.75) is 11.7 Å². The van der Waals surface area contributed by atoms with Crippen LogP contribution in [0.1, 0.15) is 5.56 Å². The zero-order valence-corrected chi connectivity index (χ0v) is 11.0. The molecule has 0 amide bonds. The molecule has 19 heavy (non-hydrogen) atoms. The summed E-state index contributed by atoms with van der Waals surface area (Å²) in [4.78, 5) is 10.3. The average molecular weight is 285 g/mol. The maximum absolute atomic E-state index is 11.7. The SMILES string of the molecule is O=C(O)COc1ccc(CC2CNCS2(=O)=O)cc1. The quantitative estimate of drug-likeness (QED) is 0.793. The summed E-state index contributed by atoms with van der Waals surface area (Å²) in [5.74, 6) is -0.539. The molecule has 1 saturated heterocycles. The van der Waals surface area contributed by atoms with Gasteiger partial charge in [-0.1, -0.05) is 12.1 Å². The lowest BCUT2D eigenvalue weighted by molar-refractivity contribution is -0.139. The Balaban J connectivity index is 1.97. The van der Waals surface area contributed by atoms with Gasteiger partial charge in [0.1, 0.15) is 5.75 Å². The Kier molecular flexibility index (Phi) is 4.06. The van der Waals surface area contributed by atoms with Gasteiger partial charge in [-0.2, -0.15) is 0 Å². The molecule has 1 aliphatic heterocycles. The summed E-state index contributed by atoms with van der Waals surface area (Å²) >= 11 is 0. The summed E-state index contributed by atoms with van der Waals surface area (Å²) in [6.45, 7) is 0.0832. The largest absolute Gasteiger partial charge is 0.482 e. The molecule has 2 N–H and O–H groups in total. The summed E-state index contributed by atoms with van der Waals surface area (Å²) in [5.41, 5.74) is 0.889. The van der Waals surface area contributed by atoms with Gasteiger partial charge in [-0.3, -0.25) is 0 Å². The van der Waals surface area contributed by atoms with Crippen LogP contribution in [0.3, 0.4) is 0 Å².